The van der Waals surface area contributed by atoms with Crippen molar-refractivity contribution in [3.05, 3.63) is 58.9 Å². The zero-order chi connectivity index (χ0) is 15.6. The van der Waals surface area contributed by atoms with E-state index in [1.54, 1.807) is 6.07 Å². The van der Waals surface area contributed by atoms with Gasteiger partial charge in [-0.1, -0.05) is 0 Å². The lowest BCUT2D eigenvalue weighted by Crippen LogP contribution is -2.05. The van der Waals surface area contributed by atoms with Gasteiger partial charge in [0.25, 0.3) is 0 Å². The van der Waals surface area contributed by atoms with Crippen LogP contribution in [0.5, 0.6) is 11.5 Å². The van der Waals surface area contributed by atoms with E-state index in [4.69, 9.17) is 9.47 Å². The topological polar surface area (TPSA) is 38.7 Å². The fraction of sp³-hybridized carbons (Fsp3) is 0.200. The van der Waals surface area contributed by atoms with Crippen LogP contribution in [0.25, 0.3) is 0 Å². The van der Waals surface area contributed by atoms with Crippen LogP contribution in [0.4, 0.5) is 13.2 Å². The molecular weight excluding hydrogens is 285 g/mol. The smallest absolute Gasteiger partial charge is 0.161 e. The third-order valence-electron chi connectivity index (χ3n) is 3.02. The van der Waals surface area contributed by atoms with Crippen LogP contribution >= 0.6 is 0 Å². The highest BCUT2D eigenvalue weighted by Crippen LogP contribution is 2.31. The average Bonchev–Trinajstić information content (AvgIpc) is 2.49. The van der Waals surface area contributed by atoms with Crippen molar-refractivity contribution in [2.45, 2.75) is 6.10 Å². The van der Waals surface area contributed by atoms with Crippen LogP contribution in [0.15, 0.2) is 30.3 Å². The Labute approximate surface area is 119 Å². The Bertz CT molecular complexity index is 637. The van der Waals surface area contributed by atoms with Gasteiger partial charge in [-0.25, -0.2) is 13.2 Å². The van der Waals surface area contributed by atoms with Crippen molar-refractivity contribution in [2.24, 2.45) is 0 Å². The molecule has 1 unspecified atom stereocenters. The first-order valence-electron chi connectivity index (χ1n) is 6.01. The van der Waals surface area contributed by atoms with Gasteiger partial charge in [0.1, 0.15) is 23.4 Å². The molecule has 21 heavy (non-hydrogen) atoms. The van der Waals surface area contributed by atoms with Gasteiger partial charge in [0.05, 0.1) is 14.2 Å². The van der Waals surface area contributed by atoms with E-state index in [9.17, 15) is 18.3 Å². The van der Waals surface area contributed by atoms with Crippen LogP contribution < -0.4 is 9.47 Å². The van der Waals surface area contributed by atoms with Crippen molar-refractivity contribution in [1.29, 1.82) is 0 Å². The highest BCUT2D eigenvalue weighted by Gasteiger charge is 2.20. The number of benzene rings is 2. The molecule has 2 aromatic carbocycles. The second-order valence-electron chi connectivity index (χ2n) is 4.34. The molecule has 2 rings (SSSR count). The molecule has 0 radical (unpaired) electrons. The molecular formula is C15H13F3O3. The summed E-state index contributed by atoms with van der Waals surface area (Å²) in [7, 11) is 2.84. The van der Waals surface area contributed by atoms with Gasteiger partial charge in [0.2, 0.25) is 0 Å². The molecule has 112 valence electrons. The fourth-order valence-corrected chi connectivity index (χ4v) is 1.91. The van der Waals surface area contributed by atoms with Crippen LogP contribution in [0.3, 0.4) is 0 Å². The van der Waals surface area contributed by atoms with Gasteiger partial charge in [0, 0.05) is 17.7 Å². The minimum absolute atomic E-state index is 0.233. The average molecular weight is 298 g/mol. The Morgan fingerprint density at radius 3 is 1.86 bits per heavy atom. The first kappa shape index (κ1) is 15.2. The zero-order valence-corrected chi connectivity index (χ0v) is 11.4. The SMILES string of the molecule is COc1cc(OC)cc(C(O)c2cc(F)c(F)cc2F)c1. The molecule has 0 aliphatic rings. The number of halogens is 3. The van der Waals surface area contributed by atoms with Crippen molar-refractivity contribution in [3.8, 4) is 11.5 Å². The van der Waals surface area contributed by atoms with Crippen LogP contribution in [-0.2, 0) is 0 Å². The van der Waals surface area contributed by atoms with Gasteiger partial charge < -0.3 is 14.6 Å². The quantitative estimate of drug-likeness (QED) is 0.881. The van der Waals surface area contributed by atoms with Crippen molar-refractivity contribution in [3.63, 3.8) is 0 Å². The molecule has 0 aliphatic carbocycles. The summed E-state index contributed by atoms with van der Waals surface area (Å²) < 4.78 is 49.9. The Morgan fingerprint density at radius 2 is 1.33 bits per heavy atom. The summed E-state index contributed by atoms with van der Waals surface area (Å²) in [6.07, 6.45) is -1.48. The van der Waals surface area contributed by atoms with E-state index in [2.05, 4.69) is 0 Å². The second-order valence-corrected chi connectivity index (χ2v) is 4.34. The lowest BCUT2D eigenvalue weighted by atomic mass is 10.00. The van der Waals surface area contributed by atoms with Crippen molar-refractivity contribution >= 4 is 0 Å². The number of rotatable bonds is 4. The predicted octanol–water partition coefficient (Wildman–Crippen LogP) is 3.20. The molecule has 0 bridgehead atoms. The maximum atomic E-state index is 13.7. The molecule has 2 aromatic rings. The molecule has 0 aliphatic heterocycles. The lowest BCUT2D eigenvalue weighted by Gasteiger charge is -2.15. The normalized spacial score (nSPS) is 12.1. The summed E-state index contributed by atoms with van der Waals surface area (Å²) in [5, 5.41) is 10.2. The van der Waals surface area contributed by atoms with E-state index in [-0.39, 0.29) is 11.1 Å². The minimum Gasteiger partial charge on any atom is -0.497 e. The molecule has 0 saturated heterocycles. The van der Waals surface area contributed by atoms with Gasteiger partial charge in [-0.05, 0) is 23.8 Å². The summed E-state index contributed by atoms with van der Waals surface area (Å²) in [5.41, 5.74) is -0.139. The van der Waals surface area contributed by atoms with E-state index in [1.807, 2.05) is 0 Å². The summed E-state index contributed by atoms with van der Waals surface area (Å²) in [4.78, 5) is 0. The summed E-state index contributed by atoms with van der Waals surface area (Å²) >= 11 is 0. The molecule has 0 aromatic heterocycles. The zero-order valence-electron chi connectivity index (χ0n) is 11.4. The summed E-state index contributed by atoms with van der Waals surface area (Å²) in [5.74, 6) is -2.83. The minimum atomic E-state index is -1.48. The van der Waals surface area contributed by atoms with E-state index in [0.29, 0.717) is 23.6 Å². The van der Waals surface area contributed by atoms with Crippen molar-refractivity contribution in [1.82, 2.24) is 0 Å². The highest BCUT2D eigenvalue weighted by atomic mass is 19.2. The highest BCUT2D eigenvalue weighted by molar-refractivity contribution is 5.42. The van der Waals surface area contributed by atoms with Crippen LogP contribution in [0, 0.1) is 17.5 Å². The lowest BCUT2D eigenvalue weighted by molar-refractivity contribution is 0.212. The van der Waals surface area contributed by atoms with Gasteiger partial charge in [0.15, 0.2) is 11.6 Å². The molecule has 6 heteroatoms. The van der Waals surface area contributed by atoms with Crippen LogP contribution in [0.1, 0.15) is 17.2 Å². The number of methoxy groups -OCH3 is 2. The maximum Gasteiger partial charge on any atom is 0.161 e. The number of hydrogen-bond donors (Lipinski definition) is 1. The van der Waals surface area contributed by atoms with Crippen molar-refractivity contribution in [2.75, 3.05) is 14.2 Å². The summed E-state index contributed by atoms with van der Waals surface area (Å²) in [6.45, 7) is 0. The van der Waals surface area contributed by atoms with Gasteiger partial charge >= 0.3 is 0 Å². The standard InChI is InChI=1S/C15H13F3O3/c1-20-9-3-8(4-10(5-9)21-2)15(19)11-6-13(17)14(18)7-12(11)16/h3-7,15,19H,1-2H3. The van der Waals surface area contributed by atoms with E-state index >= 15 is 0 Å². The number of aliphatic hydroxyl groups is 1. The molecule has 0 amide bonds. The Kier molecular flexibility index (Phi) is 4.37. The maximum absolute atomic E-state index is 13.7. The summed E-state index contributed by atoms with van der Waals surface area (Å²) in [6, 6.07) is 5.49. The molecule has 1 atom stereocenters. The number of ether oxygens (including phenoxy) is 2. The second kappa shape index (κ2) is 6.05. The molecule has 0 fully saturated rings. The van der Waals surface area contributed by atoms with E-state index in [1.165, 1.54) is 26.4 Å². The Morgan fingerprint density at radius 1 is 0.810 bits per heavy atom. The third kappa shape index (κ3) is 3.11. The fourth-order valence-electron chi connectivity index (χ4n) is 1.91. The molecule has 0 heterocycles. The third-order valence-corrected chi connectivity index (χ3v) is 3.02. The van der Waals surface area contributed by atoms with Gasteiger partial charge in [-0.2, -0.15) is 0 Å². The van der Waals surface area contributed by atoms with E-state index in [0.717, 1.165) is 0 Å². The van der Waals surface area contributed by atoms with Crippen molar-refractivity contribution < 1.29 is 27.8 Å². The monoisotopic (exact) mass is 298 g/mol. The predicted molar refractivity (Wildman–Crippen MR) is 69.9 cm³/mol. The largest absolute Gasteiger partial charge is 0.497 e. The molecule has 3 nitrogen and oxygen atoms in total. The molecule has 1 N–H and O–H groups in total. The number of aliphatic hydroxyl groups excluding tert-OH is 1. The molecule has 0 spiro atoms. The van der Waals surface area contributed by atoms with Gasteiger partial charge in [-0.3, -0.25) is 0 Å². The first-order chi connectivity index (χ1) is 9.96. The van der Waals surface area contributed by atoms with Gasteiger partial charge in [-0.15, -0.1) is 0 Å². The van der Waals surface area contributed by atoms with Crippen LogP contribution in [0.2, 0.25) is 0 Å². The number of hydrogen-bond acceptors (Lipinski definition) is 3. The Balaban J connectivity index is 2.49. The van der Waals surface area contributed by atoms with Crippen LogP contribution in [-0.4, -0.2) is 19.3 Å². The Hall–Kier alpha value is -2.21. The first-order valence-corrected chi connectivity index (χ1v) is 6.01. The molecule has 0 saturated carbocycles. The van der Waals surface area contributed by atoms with E-state index < -0.39 is 23.6 Å².